The van der Waals surface area contributed by atoms with Gasteiger partial charge in [0, 0.05) is 12.0 Å². The van der Waals surface area contributed by atoms with Crippen molar-refractivity contribution < 1.29 is 4.79 Å². The van der Waals surface area contributed by atoms with Gasteiger partial charge in [0.25, 0.3) is 5.91 Å². The minimum absolute atomic E-state index is 0.0977. The van der Waals surface area contributed by atoms with Gasteiger partial charge in [0.2, 0.25) is 0 Å². The molecule has 114 valence electrons. The first kappa shape index (κ1) is 13.6. The fourth-order valence-electron chi connectivity index (χ4n) is 2.81. The third-order valence-corrected chi connectivity index (χ3v) is 4.08. The van der Waals surface area contributed by atoms with Crippen LogP contribution < -0.4 is 5.32 Å². The van der Waals surface area contributed by atoms with Crippen LogP contribution >= 0.6 is 0 Å². The van der Waals surface area contributed by atoms with Crippen LogP contribution in [0.3, 0.4) is 0 Å². The Balaban J connectivity index is 1.51. The molecule has 1 aliphatic carbocycles. The van der Waals surface area contributed by atoms with E-state index in [1.54, 1.807) is 6.07 Å². The quantitative estimate of drug-likeness (QED) is 0.799. The summed E-state index contributed by atoms with van der Waals surface area (Å²) >= 11 is 0. The topological polar surface area (TPSA) is 72.7 Å². The highest BCUT2D eigenvalue weighted by molar-refractivity contribution is 5.98. The number of nitrogens with zero attached hydrogens (tertiary/aromatic N) is 4. The lowest BCUT2D eigenvalue weighted by molar-refractivity contribution is 0.0950. The van der Waals surface area contributed by atoms with Gasteiger partial charge in [0.1, 0.15) is 6.33 Å². The van der Waals surface area contributed by atoms with E-state index in [0.29, 0.717) is 17.2 Å². The number of carbonyl (C=O) groups is 1. The molecule has 1 heterocycles. The van der Waals surface area contributed by atoms with Gasteiger partial charge in [-0.15, -0.1) is 5.10 Å². The summed E-state index contributed by atoms with van der Waals surface area (Å²) in [6.07, 6.45) is 2.46. The van der Waals surface area contributed by atoms with Crippen LogP contribution in [-0.4, -0.2) is 32.2 Å². The molecule has 1 saturated carbocycles. The van der Waals surface area contributed by atoms with Crippen molar-refractivity contribution in [3.63, 3.8) is 0 Å². The van der Waals surface area contributed by atoms with Crippen molar-refractivity contribution in [1.82, 2.24) is 25.5 Å². The van der Waals surface area contributed by atoms with Crippen molar-refractivity contribution in [3.8, 4) is 5.69 Å². The zero-order valence-corrected chi connectivity index (χ0v) is 12.3. The Morgan fingerprint density at radius 3 is 2.65 bits per heavy atom. The lowest BCUT2D eigenvalue weighted by atomic mass is 10.1. The molecule has 1 amide bonds. The molecule has 6 nitrogen and oxygen atoms in total. The van der Waals surface area contributed by atoms with Crippen molar-refractivity contribution in [2.45, 2.75) is 18.4 Å². The fourth-order valence-corrected chi connectivity index (χ4v) is 2.81. The van der Waals surface area contributed by atoms with E-state index in [-0.39, 0.29) is 11.9 Å². The maximum absolute atomic E-state index is 12.6. The lowest BCUT2D eigenvalue weighted by Crippen LogP contribution is -2.27. The Bertz CT molecular complexity index is 816. The third-order valence-electron chi connectivity index (χ3n) is 4.08. The highest BCUT2D eigenvalue weighted by Crippen LogP contribution is 2.40. The van der Waals surface area contributed by atoms with Gasteiger partial charge >= 0.3 is 0 Å². The molecular formula is C17H15N5O. The predicted octanol–water partition coefficient (Wildman–Crippen LogP) is 1.95. The minimum Gasteiger partial charge on any atom is -0.349 e. The number of tetrazole rings is 1. The first-order chi connectivity index (χ1) is 11.3. The molecule has 0 radical (unpaired) electrons. The molecule has 1 N–H and O–H groups in total. The van der Waals surface area contributed by atoms with Crippen molar-refractivity contribution in [3.05, 3.63) is 72.1 Å². The average Bonchev–Trinajstić information content (AvgIpc) is 3.15. The van der Waals surface area contributed by atoms with E-state index < -0.39 is 0 Å². The van der Waals surface area contributed by atoms with E-state index in [2.05, 4.69) is 33.0 Å². The summed E-state index contributed by atoms with van der Waals surface area (Å²) < 4.78 is 1.50. The van der Waals surface area contributed by atoms with Gasteiger partial charge < -0.3 is 5.32 Å². The molecule has 1 aliphatic rings. The van der Waals surface area contributed by atoms with Gasteiger partial charge in [0.15, 0.2) is 0 Å². The number of amides is 1. The Morgan fingerprint density at radius 1 is 1.09 bits per heavy atom. The number of hydrogen-bond donors (Lipinski definition) is 1. The predicted molar refractivity (Wildman–Crippen MR) is 84.2 cm³/mol. The van der Waals surface area contributed by atoms with E-state index >= 15 is 0 Å². The molecule has 6 heteroatoms. The first-order valence-electron chi connectivity index (χ1n) is 7.51. The molecular weight excluding hydrogens is 290 g/mol. The SMILES string of the molecule is O=C(N[C@H]1C[C@H]1c1ccccc1)c1ccccc1-n1cnnn1. The molecule has 2 atom stereocenters. The van der Waals surface area contributed by atoms with Gasteiger partial charge in [-0.05, 0) is 34.5 Å². The maximum atomic E-state index is 12.6. The zero-order valence-electron chi connectivity index (χ0n) is 12.3. The van der Waals surface area contributed by atoms with Crippen molar-refractivity contribution in [2.75, 3.05) is 0 Å². The highest BCUT2D eigenvalue weighted by Gasteiger charge is 2.39. The average molecular weight is 305 g/mol. The van der Waals surface area contributed by atoms with Crippen molar-refractivity contribution in [2.24, 2.45) is 0 Å². The second-order valence-corrected chi connectivity index (χ2v) is 5.60. The number of benzene rings is 2. The van der Waals surface area contributed by atoms with Crippen molar-refractivity contribution >= 4 is 5.91 Å². The van der Waals surface area contributed by atoms with E-state index in [9.17, 15) is 4.79 Å². The van der Waals surface area contributed by atoms with Gasteiger partial charge in [-0.3, -0.25) is 4.79 Å². The number of carbonyl (C=O) groups excluding carboxylic acids is 1. The minimum atomic E-state index is -0.0977. The molecule has 0 saturated heterocycles. The summed E-state index contributed by atoms with van der Waals surface area (Å²) in [7, 11) is 0. The number of para-hydroxylation sites is 1. The van der Waals surface area contributed by atoms with Crippen LogP contribution in [0, 0.1) is 0 Å². The lowest BCUT2D eigenvalue weighted by Gasteiger charge is -2.09. The maximum Gasteiger partial charge on any atom is 0.253 e. The molecule has 3 aromatic rings. The number of nitrogens with one attached hydrogen (secondary N) is 1. The van der Waals surface area contributed by atoms with Gasteiger partial charge in [0.05, 0.1) is 11.3 Å². The van der Waals surface area contributed by atoms with E-state index in [0.717, 1.165) is 6.42 Å². The van der Waals surface area contributed by atoms with E-state index in [1.807, 2.05) is 36.4 Å². The summed E-state index contributed by atoms with van der Waals surface area (Å²) in [5, 5.41) is 14.2. The van der Waals surface area contributed by atoms with E-state index in [1.165, 1.54) is 16.6 Å². The molecule has 2 aromatic carbocycles. The second kappa shape index (κ2) is 5.64. The first-order valence-corrected chi connectivity index (χ1v) is 7.51. The third kappa shape index (κ3) is 2.70. The van der Waals surface area contributed by atoms with Crippen LogP contribution in [0.5, 0.6) is 0 Å². The Kier molecular flexibility index (Phi) is 3.34. The summed E-state index contributed by atoms with van der Waals surface area (Å²) in [4.78, 5) is 12.6. The smallest absolute Gasteiger partial charge is 0.253 e. The Labute approximate surface area is 133 Å². The fraction of sp³-hybridized carbons (Fsp3) is 0.176. The van der Waals surface area contributed by atoms with Crippen LogP contribution in [0.2, 0.25) is 0 Å². The van der Waals surface area contributed by atoms with Crippen LogP contribution in [0.15, 0.2) is 60.9 Å². The van der Waals surface area contributed by atoms with Crippen LogP contribution in [0.25, 0.3) is 5.69 Å². The summed E-state index contributed by atoms with van der Waals surface area (Å²) in [6, 6.07) is 17.8. The number of rotatable bonds is 4. The van der Waals surface area contributed by atoms with Crippen LogP contribution in [0.4, 0.5) is 0 Å². The second-order valence-electron chi connectivity index (χ2n) is 5.60. The summed E-state index contributed by atoms with van der Waals surface area (Å²) in [5.74, 6) is 0.305. The zero-order chi connectivity index (χ0) is 15.6. The largest absolute Gasteiger partial charge is 0.349 e. The van der Waals surface area contributed by atoms with Crippen LogP contribution in [-0.2, 0) is 0 Å². The molecule has 4 rings (SSSR count). The number of aromatic nitrogens is 4. The summed E-state index contributed by atoms with van der Waals surface area (Å²) in [6.45, 7) is 0. The monoisotopic (exact) mass is 305 g/mol. The number of hydrogen-bond acceptors (Lipinski definition) is 4. The van der Waals surface area contributed by atoms with Gasteiger partial charge in [-0.1, -0.05) is 42.5 Å². The van der Waals surface area contributed by atoms with E-state index in [4.69, 9.17) is 0 Å². The normalized spacial score (nSPS) is 19.3. The van der Waals surface area contributed by atoms with Gasteiger partial charge in [-0.2, -0.15) is 4.68 Å². The molecule has 0 bridgehead atoms. The molecule has 23 heavy (non-hydrogen) atoms. The summed E-state index contributed by atoms with van der Waals surface area (Å²) in [5.41, 5.74) is 2.51. The van der Waals surface area contributed by atoms with Gasteiger partial charge in [-0.25, -0.2) is 0 Å². The molecule has 1 fully saturated rings. The molecule has 0 unspecified atom stereocenters. The molecule has 0 spiro atoms. The van der Waals surface area contributed by atoms with Crippen molar-refractivity contribution in [1.29, 1.82) is 0 Å². The highest BCUT2D eigenvalue weighted by atomic mass is 16.1. The standard InChI is InChI=1S/C17H15N5O/c23-17(19-15-10-14(15)12-6-2-1-3-7-12)13-8-4-5-9-16(13)22-11-18-20-21-22/h1-9,11,14-15H,10H2,(H,19,23)/t14-,15-/m0/s1. The molecule has 0 aliphatic heterocycles. The van der Waals surface area contributed by atoms with Crippen LogP contribution in [0.1, 0.15) is 28.3 Å². The Hall–Kier alpha value is -3.02. The molecule has 1 aromatic heterocycles. The Morgan fingerprint density at radius 2 is 1.87 bits per heavy atom.